The van der Waals surface area contributed by atoms with E-state index < -0.39 is 0 Å². The Morgan fingerprint density at radius 2 is 2.25 bits per heavy atom. The van der Waals surface area contributed by atoms with Crippen LogP contribution in [0.1, 0.15) is 45.8 Å². The number of carbonyl (C=O) groups excluding carboxylic acids is 1. The maximum atomic E-state index is 12.1. The summed E-state index contributed by atoms with van der Waals surface area (Å²) in [7, 11) is 0. The number of amides is 2. The first-order valence-electron chi connectivity index (χ1n) is 7.50. The standard InChI is InChI=1S/C16H24N2O2/c1-15(2)11-6-7-16(15,3)13(9-11)18-14(19)17-10-12-5-4-8-20-12/h4-5,8,11,13H,6-7,9-10H2,1-3H3,(H2,17,18,19)/t11-,13+,16+/m1/s1. The second-order valence-corrected chi connectivity index (χ2v) is 7.07. The van der Waals surface area contributed by atoms with E-state index in [0.29, 0.717) is 12.0 Å². The van der Waals surface area contributed by atoms with Crippen LogP contribution in [0.15, 0.2) is 22.8 Å². The van der Waals surface area contributed by atoms with E-state index >= 15 is 0 Å². The highest BCUT2D eigenvalue weighted by atomic mass is 16.3. The summed E-state index contributed by atoms with van der Waals surface area (Å²) in [5.74, 6) is 1.52. The predicted octanol–water partition coefficient (Wildman–Crippen LogP) is 3.29. The van der Waals surface area contributed by atoms with Gasteiger partial charge in [-0.05, 0) is 48.1 Å². The number of rotatable bonds is 3. The third kappa shape index (κ3) is 1.93. The first kappa shape index (κ1) is 13.5. The molecule has 0 aromatic carbocycles. The van der Waals surface area contributed by atoms with E-state index in [1.807, 2.05) is 12.1 Å². The monoisotopic (exact) mass is 276 g/mol. The molecule has 0 radical (unpaired) electrons. The van der Waals surface area contributed by atoms with Crippen LogP contribution >= 0.6 is 0 Å². The first-order valence-corrected chi connectivity index (χ1v) is 7.50. The molecule has 0 saturated heterocycles. The van der Waals surface area contributed by atoms with Crippen molar-refractivity contribution in [3.63, 3.8) is 0 Å². The minimum Gasteiger partial charge on any atom is -0.467 e. The Kier molecular flexibility index (Phi) is 3.07. The highest BCUT2D eigenvalue weighted by molar-refractivity contribution is 5.74. The highest BCUT2D eigenvalue weighted by Gasteiger charge is 2.61. The fraction of sp³-hybridized carbons (Fsp3) is 0.688. The maximum absolute atomic E-state index is 12.1. The van der Waals surface area contributed by atoms with E-state index in [9.17, 15) is 4.79 Å². The number of urea groups is 1. The zero-order valence-electron chi connectivity index (χ0n) is 12.5. The lowest BCUT2D eigenvalue weighted by Crippen LogP contribution is -2.49. The molecule has 2 N–H and O–H groups in total. The Morgan fingerprint density at radius 3 is 2.80 bits per heavy atom. The van der Waals surface area contributed by atoms with Crippen molar-refractivity contribution in [2.75, 3.05) is 0 Å². The number of fused-ring (bicyclic) bond motifs is 2. The average molecular weight is 276 g/mol. The van der Waals surface area contributed by atoms with E-state index in [1.54, 1.807) is 6.26 Å². The molecule has 0 spiro atoms. The number of nitrogens with one attached hydrogen (secondary N) is 2. The molecule has 2 amide bonds. The van der Waals surface area contributed by atoms with Gasteiger partial charge in [-0.15, -0.1) is 0 Å². The van der Waals surface area contributed by atoms with Crippen LogP contribution in [0.5, 0.6) is 0 Å². The second-order valence-electron chi connectivity index (χ2n) is 7.07. The van der Waals surface area contributed by atoms with Gasteiger partial charge in [0.1, 0.15) is 5.76 Å². The Labute approximate surface area is 120 Å². The van der Waals surface area contributed by atoms with Gasteiger partial charge in [-0.3, -0.25) is 0 Å². The molecule has 20 heavy (non-hydrogen) atoms. The van der Waals surface area contributed by atoms with E-state index in [-0.39, 0.29) is 17.5 Å². The molecule has 2 fully saturated rings. The Balaban J connectivity index is 1.58. The zero-order chi connectivity index (χ0) is 14.4. The minimum absolute atomic E-state index is 0.0871. The van der Waals surface area contributed by atoms with Crippen molar-refractivity contribution in [2.45, 2.75) is 52.6 Å². The maximum Gasteiger partial charge on any atom is 0.315 e. The summed E-state index contributed by atoms with van der Waals surface area (Å²) in [6.07, 6.45) is 5.25. The van der Waals surface area contributed by atoms with Crippen molar-refractivity contribution in [3.05, 3.63) is 24.2 Å². The molecule has 4 nitrogen and oxygen atoms in total. The molecule has 3 atom stereocenters. The smallest absolute Gasteiger partial charge is 0.315 e. The van der Waals surface area contributed by atoms with Crippen LogP contribution in [0, 0.1) is 16.7 Å². The van der Waals surface area contributed by atoms with Gasteiger partial charge >= 0.3 is 6.03 Å². The third-order valence-corrected chi connectivity index (χ3v) is 6.10. The molecule has 2 bridgehead atoms. The lowest BCUT2D eigenvalue weighted by atomic mass is 9.69. The van der Waals surface area contributed by atoms with Crippen molar-refractivity contribution in [1.29, 1.82) is 0 Å². The largest absolute Gasteiger partial charge is 0.467 e. The van der Waals surface area contributed by atoms with Gasteiger partial charge in [-0.25, -0.2) is 4.79 Å². The molecule has 2 aliphatic carbocycles. The summed E-state index contributed by atoms with van der Waals surface area (Å²) < 4.78 is 5.21. The van der Waals surface area contributed by atoms with Gasteiger partial charge in [-0.2, -0.15) is 0 Å². The molecule has 3 rings (SSSR count). The van der Waals surface area contributed by atoms with Crippen molar-refractivity contribution in [1.82, 2.24) is 10.6 Å². The van der Waals surface area contributed by atoms with Crippen molar-refractivity contribution >= 4 is 6.03 Å². The molecule has 0 aliphatic heterocycles. The van der Waals surface area contributed by atoms with Gasteiger partial charge in [-0.1, -0.05) is 20.8 Å². The number of furan rings is 1. The lowest BCUT2D eigenvalue weighted by molar-refractivity contribution is 0.123. The Bertz CT molecular complexity index is 495. The van der Waals surface area contributed by atoms with Crippen LogP contribution in [-0.4, -0.2) is 12.1 Å². The molecule has 1 heterocycles. The fourth-order valence-electron chi connectivity index (χ4n) is 4.21. The number of carbonyl (C=O) groups is 1. The molecular formula is C16H24N2O2. The topological polar surface area (TPSA) is 54.3 Å². The fourth-order valence-corrected chi connectivity index (χ4v) is 4.21. The van der Waals surface area contributed by atoms with Crippen LogP contribution in [0.3, 0.4) is 0 Å². The van der Waals surface area contributed by atoms with Gasteiger partial charge in [0.25, 0.3) is 0 Å². The summed E-state index contributed by atoms with van der Waals surface area (Å²) in [6.45, 7) is 7.48. The second kappa shape index (κ2) is 4.54. The molecule has 2 saturated carbocycles. The van der Waals surface area contributed by atoms with E-state index in [2.05, 4.69) is 31.4 Å². The predicted molar refractivity (Wildman–Crippen MR) is 77.1 cm³/mol. The van der Waals surface area contributed by atoms with Crippen LogP contribution in [-0.2, 0) is 6.54 Å². The lowest BCUT2D eigenvalue weighted by Gasteiger charge is -2.39. The summed E-state index contributed by atoms with van der Waals surface area (Å²) >= 11 is 0. The van der Waals surface area contributed by atoms with Crippen molar-refractivity contribution in [2.24, 2.45) is 16.7 Å². The van der Waals surface area contributed by atoms with Gasteiger partial charge in [0.15, 0.2) is 0 Å². The number of hydrogen-bond donors (Lipinski definition) is 2. The Morgan fingerprint density at radius 1 is 1.45 bits per heavy atom. The Hall–Kier alpha value is -1.45. The molecule has 0 unspecified atom stereocenters. The van der Waals surface area contributed by atoms with Crippen LogP contribution in [0.2, 0.25) is 0 Å². The summed E-state index contributed by atoms with van der Waals surface area (Å²) in [6, 6.07) is 3.89. The van der Waals surface area contributed by atoms with Crippen LogP contribution in [0.4, 0.5) is 4.79 Å². The molecule has 1 aromatic rings. The summed E-state index contributed by atoms with van der Waals surface area (Å²) in [5.41, 5.74) is 0.547. The summed E-state index contributed by atoms with van der Waals surface area (Å²) in [5, 5.41) is 6.05. The SMILES string of the molecule is CC1(C)[C@@H]2CC[C@@]1(C)[C@@H](NC(=O)NCc1ccco1)C2. The van der Waals surface area contributed by atoms with E-state index in [0.717, 1.165) is 18.1 Å². The molecule has 2 aliphatic rings. The molecule has 4 heteroatoms. The van der Waals surface area contributed by atoms with E-state index in [4.69, 9.17) is 4.42 Å². The van der Waals surface area contributed by atoms with Gasteiger partial charge in [0.05, 0.1) is 12.8 Å². The molecule has 1 aromatic heterocycles. The van der Waals surface area contributed by atoms with Crippen LogP contribution in [0.25, 0.3) is 0 Å². The third-order valence-electron chi connectivity index (χ3n) is 6.10. The van der Waals surface area contributed by atoms with Gasteiger partial charge in [0, 0.05) is 6.04 Å². The molecule has 110 valence electrons. The number of hydrogen-bond acceptors (Lipinski definition) is 2. The first-order chi connectivity index (χ1) is 9.43. The quantitative estimate of drug-likeness (QED) is 0.890. The minimum atomic E-state index is -0.0871. The molecular weight excluding hydrogens is 252 g/mol. The summed E-state index contributed by atoms with van der Waals surface area (Å²) in [4.78, 5) is 12.1. The highest BCUT2D eigenvalue weighted by Crippen LogP contribution is 2.65. The van der Waals surface area contributed by atoms with Gasteiger partial charge in [0.2, 0.25) is 0 Å². The average Bonchev–Trinajstić information content (AvgIpc) is 3.02. The normalized spacial score (nSPS) is 34.1. The zero-order valence-corrected chi connectivity index (χ0v) is 12.5. The van der Waals surface area contributed by atoms with Crippen molar-refractivity contribution < 1.29 is 9.21 Å². The van der Waals surface area contributed by atoms with Gasteiger partial charge < -0.3 is 15.1 Å². The van der Waals surface area contributed by atoms with E-state index in [1.165, 1.54) is 12.8 Å². The van der Waals surface area contributed by atoms with Crippen LogP contribution < -0.4 is 10.6 Å². The van der Waals surface area contributed by atoms with Crippen molar-refractivity contribution in [3.8, 4) is 0 Å².